The number of anilines is 1. The van der Waals surface area contributed by atoms with E-state index in [1.165, 1.54) is 25.2 Å². The maximum atomic E-state index is 13.0. The average molecular weight is 431 g/mol. The van der Waals surface area contributed by atoms with Crippen LogP contribution in [0.1, 0.15) is 34.8 Å². The molecule has 0 radical (unpaired) electrons. The lowest BCUT2D eigenvalue weighted by molar-refractivity contribution is -0.384. The van der Waals surface area contributed by atoms with Crippen LogP contribution in [0.15, 0.2) is 41.6 Å². The van der Waals surface area contributed by atoms with Crippen molar-refractivity contribution in [3.05, 3.63) is 68.2 Å². The zero-order chi connectivity index (χ0) is 22.1. The van der Waals surface area contributed by atoms with Gasteiger partial charge in [-0.1, -0.05) is 16.8 Å². The van der Waals surface area contributed by atoms with E-state index in [0.717, 1.165) is 0 Å². The molecule has 1 heterocycles. The molecule has 0 aliphatic carbocycles. The number of oxime groups is 1. The molecule has 1 aliphatic heterocycles. The molecule has 30 heavy (non-hydrogen) atoms. The number of carbonyl (C=O) groups is 2. The molecule has 9 nitrogen and oxygen atoms in total. The van der Waals surface area contributed by atoms with Crippen LogP contribution in [-0.2, 0) is 9.63 Å². The molecule has 0 spiro atoms. The molecule has 0 aromatic heterocycles. The van der Waals surface area contributed by atoms with Gasteiger partial charge in [-0.25, -0.2) is 0 Å². The molecule has 1 aliphatic rings. The van der Waals surface area contributed by atoms with Gasteiger partial charge in [-0.2, -0.15) is 0 Å². The summed E-state index contributed by atoms with van der Waals surface area (Å²) in [6, 6.07) is 8.94. The Bertz CT molecular complexity index is 1070. The lowest BCUT2D eigenvalue weighted by atomic mass is 9.94. The normalized spacial score (nSPS) is 17.7. The van der Waals surface area contributed by atoms with Gasteiger partial charge in [0.1, 0.15) is 0 Å². The second-order valence-electron chi connectivity index (χ2n) is 7.02. The van der Waals surface area contributed by atoms with E-state index in [2.05, 4.69) is 15.8 Å². The quantitative estimate of drug-likeness (QED) is 0.555. The monoisotopic (exact) mass is 430 g/mol. The molecule has 2 aromatic rings. The highest BCUT2D eigenvalue weighted by molar-refractivity contribution is 6.31. The molecule has 1 atom stereocenters. The summed E-state index contributed by atoms with van der Waals surface area (Å²) in [4.78, 5) is 40.9. The Morgan fingerprint density at radius 2 is 1.93 bits per heavy atom. The van der Waals surface area contributed by atoms with Crippen molar-refractivity contribution in [2.45, 2.75) is 25.9 Å². The van der Waals surface area contributed by atoms with Crippen molar-refractivity contribution >= 4 is 40.5 Å². The van der Waals surface area contributed by atoms with Crippen molar-refractivity contribution in [3.8, 4) is 0 Å². The van der Waals surface area contributed by atoms with Crippen LogP contribution in [0.3, 0.4) is 0 Å². The second kappa shape index (κ2) is 8.11. The fraction of sp³-hybridized carbons (Fsp3) is 0.250. The lowest BCUT2D eigenvalue weighted by Crippen LogP contribution is -2.41. The summed E-state index contributed by atoms with van der Waals surface area (Å²) >= 11 is 6.05. The number of nitro benzene ring substituents is 1. The molecule has 2 amide bonds. The third-order valence-corrected chi connectivity index (χ3v) is 4.98. The van der Waals surface area contributed by atoms with Gasteiger partial charge in [-0.3, -0.25) is 19.7 Å². The van der Waals surface area contributed by atoms with Crippen molar-refractivity contribution in [1.82, 2.24) is 5.32 Å². The van der Waals surface area contributed by atoms with Crippen LogP contribution in [-0.4, -0.2) is 35.1 Å². The lowest BCUT2D eigenvalue weighted by Gasteiger charge is -2.22. The summed E-state index contributed by atoms with van der Waals surface area (Å²) in [7, 11) is 1.48. The summed E-state index contributed by atoms with van der Waals surface area (Å²) in [6.45, 7) is 3.31. The minimum Gasteiger partial charge on any atom is -0.379 e. The molecule has 1 unspecified atom stereocenters. The Kier molecular flexibility index (Phi) is 5.75. The van der Waals surface area contributed by atoms with Crippen LogP contribution < -0.4 is 10.6 Å². The van der Waals surface area contributed by atoms with Crippen LogP contribution in [0.2, 0.25) is 5.02 Å². The van der Waals surface area contributed by atoms with Gasteiger partial charge in [0.05, 0.1) is 21.9 Å². The summed E-state index contributed by atoms with van der Waals surface area (Å²) in [5, 5.41) is 20.4. The first-order valence-corrected chi connectivity index (χ1v) is 9.36. The summed E-state index contributed by atoms with van der Waals surface area (Å²) in [6.07, 6.45) is 0.151. The summed E-state index contributed by atoms with van der Waals surface area (Å²) in [5.41, 5.74) is 0.925. The average Bonchev–Trinajstić information content (AvgIpc) is 3.12. The van der Waals surface area contributed by atoms with Gasteiger partial charge in [0.2, 0.25) is 5.60 Å². The molecule has 0 bridgehead atoms. The number of hydrogen-bond acceptors (Lipinski definition) is 6. The van der Waals surface area contributed by atoms with E-state index in [4.69, 9.17) is 16.4 Å². The maximum absolute atomic E-state index is 13.0. The Labute approximate surface area is 177 Å². The zero-order valence-electron chi connectivity index (χ0n) is 16.5. The number of rotatable bonds is 5. The Morgan fingerprint density at radius 1 is 1.27 bits per heavy atom. The Balaban J connectivity index is 1.80. The van der Waals surface area contributed by atoms with E-state index in [9.17, 15) is 19.7 Å². The van der Waals surface area contributed by atoms with Gasteiger partial charge < -0.3 is 15.5 Å². The predicted octanol–water partition coefficient (Wildman–Crippen LogP) is 3.44. The highest BCUT2D eigenvalue weighted by Gasteiger charge is 2.42. The maximum Gasteiger partial charge on any atom is 0.271 e. The minimum atomic E-state index is -1.32. The SMILES string of the molecule is CNC(=O)c1cc(Cl)cc(C)c1NC(=O)C1(C)CC(c2ccc([N+](=O)[O-])cc2)=NO1. The first-order chi connectivity index (χ1) is 14.1. The fourth-order valence-electron chi connectivity index (χ4n) is 3.06. The van der Waals surface area contributed by atoms with Crippen molar-refractivity contribution in [2.24, 2.45) is 5.16 Å². The van der Waals surface area contributed by atoms with Crippen molar-refractivity contribution < 1.29 is 19.3 Å². The molecule has 2 aromatic carbocycles. The van der Waals surface area contributed by atoms with Crippen LogP contribution in [0, 0.1) is 17.0 Å². The summed E-state index contributed by atoms with van der Waals surface area (Å²) < 4.78 is 0. The van der Waals surface area contributed by atoms with Gasteiger partial charge in [0.25, 0.3) is 17.5 Å². The van der Waals surface area contributed by atoms with Crippen LogP contribution in [0.4, 0.5) is 11.4 Å². The van der Waals surface area contributed by atoms with Crippen LogP contribution in [0.5, 0.6) is 0 Å². The van der Waals surface area contributed by atoms with Crippen LogP contribution in [0.25, 0.3) is 0 Å². The van der Waals surface area contributed by atoms with Gasteiger partial charge in [-0.05, 0) is 49.2 Å². The van der Waals surface area contributed by atoms with Gasteiger partial charge in [-0.15, -0.1) is 0 Å². The van der Waals surface area contributed by atoms with E-state index in [1.807, 2.05) is 0 Å². The molecule has 0 fully saturated rings. The van der Waals surface area contributed by atoms with E-state index < -0.39 is 22.3 Å². The largest absolute Gasteiger partial charge is 0.379 e. The number of aryl methyl sites for hydroxylation is 1. The van der Waals surface area contributed by atoms with Crippen molar-refractivity contribution in [3.63, 3.8) is 0 Å². The number of halogens is 1. The Morgan fingerprint density at radius 3 is 2.53 bits per heavy atom. The third-order valence-electron chi connectivity index (χ3n) is 4.76. The predicted molar refractivity (Wildman–Crippen MR) is 112 cm³/mol. The van der Waals surface area contributed by atoms with Gasteiger partial charge in [0.15, 0.2) is 0 Å². The number of nitro groups is 1. The number of carbonyl (C=O) groups excluding carboxylic acids is 2. The van der Waals surface area contributed by atoms with Gasteiger partial charge >= 0.3 is 0 Å². The zero-order valence-corrected chi connectivity index (χ0v) is 17.2. The molecule has 156 valence electrons. The first kappa shape index (κ1) is 21.3. The molecule has 2 N–H and O–H groups in total. The minimum absolute atomic E-state index is 0.0429. The molecular formula is C20H19ClN4O5. The van der Waals surface area contributed by atoms with E-state index in [-0.39, 0.29) is 17.7 Å². The number of hydrogen-bond donors (Lipinski definition) is 2. The number of nitrogens with zero attached hydrogens (tertiary/aromatic N) is 2. The van der Waals surface area contributed by atoms with Crippen LogP contribution >= 0.6 is 11.6 Å². The smallest absolute Gasteiger partial charge is 0.271 e. The highest BCUT2D eigenvalue weighted by atomic mass is 35.5. The highest BCUT2D eigenvalue weighted by Crippen LogP contribution is 2.31. The number of benzene rings is 2. The van der Waals surface area contributed by atoms with Crippen molar-refractivity contribution in [1.29, 1.82) is 0 Å². The molecule has 3 rings (SSSR count). The summed E-state index contributed by atoms with van der Waals surface area (Å²) in [5.74, 6) is -0.880. The number of non-ortho nitro benzene ring substituents is 1. The standard InChI is InChI=1S/C20H19ClN4O5/c1-11-8-13(21)9-15(18(26)22-3)17(11)23-19(27)20(2)10-16(24-30-20)12-4-6-14(7-5-12)25(28)29/h4-9H,10H2,1-3H3,(H,22,26)(H,23,27). The molecule has 0 saturated carbocycles. The number of nitrogens with one attached hydrogen (secondary N) is 2. The number of amides is 2. The molecule has 0 saturated heterocycles. The molecular weight excluding hydrogens is 412 g/mol. The third kappa shape index (κ3) is 4.11. The van der Waals surface area contributed by atoms with E-state index in [0.29, 0.717) is 27.5 Å². The molecule has 10 heteroatoms. The van der Waals surface area contributed by atoms with Gasteiger partial charge in [0, 0.05) is 30.6 Å². The second-order valence-corrected chi connectivity index (χ2v) is 7.46. The van der Waals surface area contributed by atoms with Crippen molar-refractivity contribution in [2.75, 3.05) is 12.4 Å². The van der Waals surface area contributed by atoms with E-state index >= 15 is 0 Å². The first-order valence-electron chi connectivity index (χ1n) is 8.98. The topological polar surface area (TPSA) is 123 Å². The fourth-order valence-corrected chi connectivity index (χ4v) is 3.33. The van der Waals surface area contributed by atoms with E-state index in [1.54, 1.807) is 32.0 Å². The Hall–Kier alpha value is -3.46.